The second-order valence-electron chi connectivity index (χ2n) is 12.8. The first kappa shape index (κ1) is 27.1. The van der Waals surface area contributed by atoms with Crippen LogP contribution in [0, 0.1) is 0 Å². The first-order valence-electron chi connectivity index (χ1n) is 16.7. The van der Waals surface area contributed by atoms with Gasteiger partial charge in [-0.3, -0.25) is 0 Å². The van der Waals surface area contributed by atoms with E-state index >= 15 is 0 Å². The second kappa shape index (κ2) is 10.3. The molecular weight excluding hydrogens is 615 g/mol. The van der Waals surface area contributed by atoms with Crippen molar-refractivity contribution in [2.24, 2.45) is 0 Å². The number of fused-ring (bicyclic) bond motifs is 10. The first-order valence-corrected chi connectivity index (χ1v) is 16.7. The van der Waals surface area contributed by atoms with Crippen molar-refractivity contribution in [2.75, 3.05) is 0 Å². The SMILES string of the molecule is c1ccc2cc3c(cc2c1)oc1cccc(-c2nc(-c4cc5ccccc5c5ccccc45)nc(-c4cccc5oc6ccccc6c45)n2)c13. The smallest absolute Gasteiger partial charge is 0.164 e. The molecule has 11 aromatic rings. The zero-order chi connectivity index (χ0) is 32.8. The lowest BCUT2D eigenvalue weighted by molar-refractivity contribution is 0.669. The minimum absolute atomic E-state index is 0.577. The lowest BCUT2D eigenvalue weighted by Gasteiger charge is -2.13. The van der Waals surface area contributed by atoms with Gasteiger partial charge in [0.15, 0.2) is 17.5 Å². The molecule has 0 amide bonds. The number of benzene rings is 8. The Hall–Kier alpha value is -6.85. The Bertz CT molecular complexity index is 3170. The van der Waals surface area contributed by atoms with Crippen molar-refractivity contribution in [3.8, 4) is 34.2 Å². The standard InChI is InChI=1S/C45H25N3O2/c1-2-12-27-25-40-36(23-26(27)11-1)42-34(19-10-22-39(42)50-40)44-46-43(33-18-9-21-38-41(33)32-17-7-8-20-37(32)49-38)47-45(48-44)35-24-28-13-3-4-14-29(28)30-15-5-6-16-31(30)35/h1-25H. The van der Waals surface area contributed by atoms with Crippen molar-refractivity contribution >= 4 is 76.2 Å². The van der Waals surface area contributed by atoms with Gasteiger partial charge in [0.2, 0.25) is 0 Å². The van der Waals surface area contributed by atoms with E-state index in [2.05, 4.69) is 109 Å². The highest BCUT2D eigenvalue weighted by Gasteiger charge is 2.21. The number of hydrogen-bond acceptors (Lipinski definition) is 5. The van der Waals surface area contributed by atoms with Gasteiger partial charge in [0.25, 0.3) is 0 Å². The lowest BCUT2D eigenvalue weighted by atomic mass is 9.96. The van der Waals surface area contributed by atoms with E-state index in [0.717, 1.165) is 87.5 Å². The summed E-state index contributed by atoms with van der Waals surface area (Å²) in [6.07, 6.45) is 0. The molecule has 11 rings (SSSR count). The molecule has 0 bridgehead atoms. The van der Waals surface area contributed by atoms with Crippen LogP contribution in [0.25, 0.3) is 110 Å². The molecule has 50 heavy (non-hydrogen) atoms. The average molecular weight is 640 g/mol. The quantitative estimate of drug-likeness (QED) is 0.180. The van der Waals surface area contributed by atoms with Crippen LogP contribution in [0.15, 0.2) is 160 Å². The summed E-state index contributed by atoms with van der Waals surface area (Å²) in [6.45, 7) is 0. The zero-order valence-electron chi connectivity index (χ0n) is 26.6. The van der Waals surface area contributed by atoms with Crippen LogP contribution in [-0.2, 0) is 0 Å². The fraction of sp³-hybridized carbons (Fsp3) is 0. The summed E-state index contributed by atoms with van der Waals surface area (Å²) in [6, 6.07) is 52.2. The minimum atomic E-state index is 0.577. The summed E-state index contributed by atoms with van der Waals surface area (Å²) in [4.78, 5) is 15.8. The number of hydrogen-bond donors (Lipinski definition) is 0. The third-order valence-electron chi connectivity index (χ3n) is 9.89. The normalized spacial score (nSPS) is 12.0. The van der Waals surface area contributed by atoms with Crippen molar-refractivity contribution < 1.29 is 8.83 Å². The fourth-order valence-electron chi connectivity index (χ4n) is 7.64. The number of para-hydroxylation sites is 1. The molecule has 3 heterocycles. The molecule has 8 aromatic carbocycles. The Morgan fingerprint density at radius 1 is 0.300 bits per heavy atom. The molecule has 0 atom stereocenters. The van der Waals surface area contributed by atoms with Gasteiger partial charge in [-0.15, -0.1) is 0 Å². The van der Waals surface area contributed by atoms with Gasteiger partial charge in [-0.25, -0.2) is 15.0 Å². The summed E-state index contributed by atoms with van der Waals surface area (Å²) in [7, 11) is 0. The number of rotatable bonds is 3. The van der Waals surface area contributed by atoms with Crippen molar-refractivity contribution in [1.82, 2.24) is 15.0 Å². The molecule has 0 spiro atoms. The molecule has 0 unspecified atom stereocenters. The highest BCUT2D eigenvalue weighted by molar-refractivity contribution is 6.16. The van der Waals surface area contributed by atoms with Crippen LogP contribution in [0.1, 0.15) is 0 Å². The van der Waals surface area contributed by atoms with E-state index in [1.165, 1.54) is 5.39 Å². The molecule has 232 valence electrons. The van der Waals surface area contributed by atoms with Gasteiger partial charge in [-0.05, 0) is 68.7 Å². The van der Waals surface area contributed by atoms with Crippen LogP contribution >= 0.6 is 0 Å². The summed E-state index contributed by atoms with van der Waals surface area (Å²) < 4.78 is 12.8. The molecule has 0 radical (unpaired) electrons. The maximum atomic E-state index is 6.47. The van der Waals surface area contributed by atoms with E-state index in [1.807, 2.05) is 42.5 Å². The zero-order valence-corrected chi connectivity index (χ0v) is 26.6. The first-order chi connectivity index (χ1) is 24.8. The Labute approximate surface area is 285 Å². The van der Waals surface area contributed by atoms with Crippen LogP contribution in [0.2, 0.25) is 0 Å². The summed E-state index contributed by atoms with van der Waals surface area (Å²) in [5.41, 5.74) is 5.95. The molecule has 5 nitrogen and oxygen atoms in total. The molecule has 3 aromatic heterocycles. The fourth-order valence-corrected chi connectivity index (χ4v) is 7.64. The highest BCUT2D eigenvalue weighted by Crippen LogP contribution is 2.41. The van der Waals surface area contributed by atoms with E-state index in [-0.39, 0.29) is 0 Å². The predicted molar refractivity (Wildman–Crippen MR) is 203 cm³/mol. The maximum absolute atomic E-state index is 6.47. The molecule has 5 heteroatoms. The van der Waals surface area contributed by atoms with E-state index in [1.54, 1.807) is 0 Å². The van der Waals surface area contributed by atoms with E-state index < -0.39 is 0 Å². The Morgan fingerprint density at radius 3 is 1.52 bits per heavy atom. The second-order valence-corrected chi connectivity index (χ2v) is 12.8. The molecule has 0 fully saturated rings. The molecule has 0 saturated carbocycles. The van der Waals surface area contributed by atoms with Gasteiger partial charge >= 0.3 is 0 Å². The van der Waals surface area contributed by atoms with Crippen LogP contribution in [0.3, 0.4) is 0 Å². The van der Waals surface area contributed by atoms with Gasteiger partial charge < -0.3 is 8.83 Å². The molecule has 0 aliphatic rings. The monoisotopic (exact) mass is 639 g/mol. The van der Waals surface area contributed by atoms with Gasteiger partial charge in [0.1, 0.15) is 22.3 Å². The number of furan rings is 2. The highest BCUT2D eigenvalue weighted by atomic mass is 16.3. The van der Waals surface area contributed by atoms with Crippen molar-refractivity contribution in [3.63, 3.8) is 0 Å². The molecule has 0 saturated heterocycles. The van der Waals surface area contributed by atoms with Gasteiger partial charge in [0, 0.05) is 38.2 Å². The van der Waals surface area contributed by atoms with E-state index in [0.29, 0.717) is 17.5 Å². The van der Waals surface area contributed by atoms with Crippen LogP contribution in [0.4, 0.5) is 0 Å². The number of nitrogens with zero attached hydrogens (tertiary/aromatic N) is 3. The largest absolute Gasteiger partial charge is 0.456 e. The summed E-state index contributed by atoms with van der Waals surface area (Å²) in [5, 5.41) is 10.8. The lowest BCUT2D eigenvalue weighted by Crippen LogP contribution is -2.01. The Balaban J connectivity index is 1.26. The van der Waals surface area contributed by atoms with Crippen molar-refractivity contribution in [3.05, 3.63) is 152 Å². The summed E-state index contributed by atoms with van der Waals surface area (Å²) >= 11 is 0. The average Bonchev–Trinajstić information content (AvgIpc) is 3.74. The van der Waals surface area contributed by atoms with E-state index in [4.69, 9.17) is 23.8 Å². The maximum Gasteiger partial charge on any atom is 0.164 e. The minimum Gasteiger partial charge on any atom is -0.456 e. The van der Waals surface area contributed by atoms with E-state index in [9.17, 15) is 0 Å². The third kappa shape index (κ3) is 3.98. The van der Waals surface area contributed by atoms with Crippen molar-refractivity contribution in [1.29, 1.82) is 0 Å². The van der Waals surface area contributed by atoms with Crippen LogP contribution in [-0.4, -0.2) is 15.0 Å². The Morgan fingerprint density at radius 2 is 0.800 bits per heavy atom. The third-order valence-corrected chi connectivity index (χ3v) is 9.89. The molecule has 0 aliphatic heterocycles. The Kier molecular flexibility index (Phi) is 5.60. The van der Waals surface area contributed by atoms with Gasteiger partial charge in [0.05, 0.1) is 0 Å². The molecule has 0 aliphatic carbocycles. The predicted octanol–water partition coefficient (Wildman–Crippen LogP) is 12.1. The van der Waals surface area contributed by atoms with Crippen LogP contribution < -0.4 is 0 Å². The van der Waals surface area contributed by atoms with Gasteiger partial charge in [-0.2, -0.15) is 0 Å². The van der Waals surface area contributed by atoms with Crippen LogP contribution in [0.5, 0.6) is 0 Å². The summed E-state index contributed by atoms with van der Waals surface area (Å²) in [5.74, 6) is 1.76. The molecule has 0 N–H and O–H groups in total. The topological polar surface area (TPSA) is 65.0 Å². The number of aromatic nitrogens is 3. The molecular formula is C45H25N3O2. The van der Waals surface area contributed by atoms with Crippen molar-refractivity contribution in [2.45, 2.75) is 0 Å². The van der Waals surface area contributed by atoms with Gasteiger partial charge in [-0.1, -0.05) is 115 Å².